The molecule has 0 radical (unpaired) electrons. The van der Waals surface area contributed by atoms with Crippen molar-refractivity contribution >= 4 is 36.0 Å². The highest BCUT2D eigenvalue weighted by Gasteiger charge is 2.46. The Hall–Kier alpha value is -4.42. The highest BCUT2D eigenvalue weighted by atomic mass is 16.6. The first kappa shape index (κ1) is 118. The summed E-state index contributed by atoms with van der Waals surface area (Å²) >= 11 is 0. The molecule has 10 aliphatic rings. The average Bonchev–Trinajstić information content (AvgIpc) is 2.00. The lowest BCUT2D eigenvalue weighted by molar-refractivity contribution is -0.128. The molecule has 10 rings (SSSR count). The van der Waals surface area contributed by atoms with Gasteiger partial charge in [0.25, 0.3) is 0 Å². The predicted octanol–water partition coefficient (Wildman–Crippen LogP) is 10.6. The van der Waals surface area contributed by atoms with Crippen LogP contribution >= 0.6 is 0 Å². The first-order valence-electron chi connectivity index (χ1n) is 51.9. The Kier molecular flexibility index (Phi) is 51.8. The maximum absolute atomic E-state index is 12.5. The highest BCUT2D eigenvalue weighted by molar-refractivity contribution is 5.78. The second kappa shape index (κ2) is 58.0. The van der Waals surface area contributed by atoms with Gasteiger partial charge in [0.15, 0.2) is 0 Å². The van der Waals surface area contributed by atoms with E-state index in [0.717, 1.165) is 293 Å². The summed E-state index contributed by atoms with van der Waals surface area (Å²) in [5.41, 5.74) is -1.72. The maximum atomic E-state index is 12.5. The van der Waals surface area contributed by atoms with Crippen molar-refractivity contribution in [3.63, 3.8) is 0 Å². The molecule has 31 nitrogen and oxygen atoms in total. The molecule has 31 heteroatoms. The Labute approximate surface area is 803 Å². The third-order valence-electron chi connectivity index (χ3n) is 28.0. The van der Waals surface area contributed by atoms with E-state index < -0.39 is 5.60 Å². The van der Waals surface area contributed by atoms with Gasteiger partial charge in [-0.15, -0.1) is 0 Å². The van der Waals surface area contributed by atoms with Crippen LogP contribution in [0.25, 0.3) is 0 Å². The number of likely N-dealkylation sites (tertiary alicyclic amines) is 7. The van der Waals surface area contributed by atoms with Crippen LogP contribution < -0.4 is 31.9 Å². The fourth-order valence-corrected chi connectivity index (χ4v) is 20.1. The number of nitrogens with one attached hydrogen (secondary N) is 6. The van der Waals surface area contributed by atoms with Crippen molar-refractivity contribution in [3.8, 4) is 0 Å². The summed E-state index contributed by atoms with van der Waals surface area (Å²) < 4.78 is 32.4. The summed E-state index contributed by atoms with van der Waals surface area (Å²) in [6.45, 7) is 80.1. The molecule has 10 aliphatic heterocycles. The minimum absolute atomic E-state index is 0.00689. The van der Waals surface area contributed by atoms with Crippen LogP contribution in [0.1, 0.15) is 275 Å². The number of piperidine rings is 6. The van der Waals surface area contributed by atoms with E-state index in [4.69, 9.17) is 28.4 Å². The number of morpholine rings is 3. The summed E-state index contributed by atoms with van der Waals surface area (Å²) in [4.78, 5) is 102. The molecule has 10 heterocycles. The zero-order valence-corrected chi connectivity index (χ0v) is 89.1. The summed E-state index contributed by atoms with van der Waals surface area (Å²) in [5, 5.41) is 29.5. The lowest BCUT2D eigenvalue weighted by atomic mass is 9.85. The molecule has 0 bridgehead atoms. The van der Waals surface area contributed by atoms with E-state index in [0.29, 0.717) is 68.2 Å². The van der Waals surface area contributed by atoms with Crippen molar-refractivity contribution in [2.75, 3.05) is 251 Å². The number of ether oxygens (including phenoxy) is 6. The van der Waals surface area contributed by atoms with Crippen molar-refractivity contribution in [1.82, 2.24) is 90.7 Å². The van der Waals surface area contributed by atoms with Crippen molar-refractivity contribution < 1.29 is 62.3 Å². The van der Waals surface area contributed by atoms with Gasteiger partial charge in [0.05, 0.1) is 104 Å². The smallest absolute Gasteiger partial charge is 0.407 e. The Balaban J connectivity index is 0.000000280. The second-order valence-corrected chi connectivity index (χ2v) is 45.3. The van der Waals surface area contributed by atoms with Crippen LogP contribution in [0.2, 0.25) is 0 Å². The van der Waals surface area contributed by atoms with Crippen molar-refractivity contribution in [3.05, 3.63) is 0 Å². The molecular weight excluding hydrogens is 1670 g/mol. The fourth-order valence-electron chi connectivity index (χ4n) is 20.1. The highest BCUT2D eigenvalue weighted by Crippen LogP contribution is 2.33. The number of aliphatic hydroxyl groups is 1. The second-order valence-electron chi connectivity index (χ2n) is 45.3. The van der Waals surface area contributed by atoms with Crippen LogP contribution in [0.3, 0.4) is 0 Å². The van der Waals surface area contributed by atoms with Crippen LogP contribution in [-0.4, -0.2) is 432 Å². The van der Waals surface area contributed by atoms with Gasteiger partial charge >= 0.3 is 18.3 Å². The van der Waals surface area contributed by atoms with Gasteiger partial charge in [-0.2, -0.15) is 0 Å². The van der Waals surface area contributed by atoms with Gasteiger partial charge in [0.2, 0.25) is 17.7 Å². The molecule has 772 valence electrons. The van der Waals surface area contributed by atoms with Crippen LogP contribution in [-0.2, 0) is 42.8 Å². The quantitative estimate of drug-likeness (QED) is 0.0301. The lowest BCUT2D eigenvalue weighted by Crippen LogP contribution is -2.62. The monoisotopic (exact) mass is 1870 g/mol. The van der Waals surface area contributed by atoms with E-state index in [2.05, 4.69) is 230 Å². The van der Waals surface area contributed by atoms with Gasteiger partial charge in [-0.1, -0.05) is 48.5 Å². The molecule has 132 heavy (non-hydrogen) atoms. The van der Waals surface area contributed by atoms with Crippen LogP contribution in [0.5, 0.6) is 0 Å². The van der Waals surface area contributed by atoms with Gasteiger partial charge < -0.3 is 110 Å². The van der Waals surface area contributed by atoms with Gasteiger partial charge in [-0.25, -0.2) is 14.4 Å². The number of carbonyl (C=O) groups is 6. The van der Waals surface area contributed by atoms with Gasteiger partial charge in [0, 0.05) is 206 Å². The summed E-state index contributed by atoms with van der Waals surface area (Å²) in [5.74, 6) is 0.715. The number of hydrogen-bond acceptors (Lipinski definition) is 25. The summed E-state index contributed by atoms with van der Waals surface area (Å²) in [6.07, 6.45) is 16.0. The minimum atomic E-state index is -0.969. The molecule has 0 aliphatic carbocycles. The zero-order chi connectivity index (χ0) is 98.3. The standard InChI is InChI=1S/C18H35N3O3.2C17H33N3O2.C17H35N3O2.C16H31N3O2.C16H33N3O2/c1-15(2)21-7-5-18(6-8-21,14-20-9-11-24-12-10-20)19-16(22)13-17(3,4)23;1-14(2)20-11-7-17(8-12-20,13-19-9-5-6-10-19)18-16(21)22-15(3)4;1-4-5-16(21)18-17(14-19-10-12-22-13-11-19)6-8-20(9-7-17)15(2)3;1-14(2)20-10-8-17(9-11-20,12-19(6)7)18-15(21)22-13-16(3,4)5;1-4-15(20)17-16(13-18-9-11-21-12-10-18)5-7-19(8-6-16)14(2)3;1-13(2)11-21-15(20)17-16(12-18(5)6)7-9-19(10-8-16)14(3)4/h15,23H,5-14H2,1-4H3,(H,19,22);14-15H,5-13H2,1-4H3,(H,18,21);15H,4-14H2,1-3H3,(H,18,21);14H,8-13H2,1-7H3,(H,18,21);14H,4-13H2,1-3H3,(H,17,20);13-14H,7-12H2,1-6H3,(H,17,20). The fraction of sp³-hybridized carbons (Fsp3) is 0.941. The normalized spacial score (nSPS) is 22.2. The van der Waals surface area contributed by atoms with Crippen molar-refractivity contribution in [1.29, 1.82) is 0 Å². The number of nitrogens with zero attached hydrogens (tertiary/aromatic N) is 12. The molecule has 0 aromatic heterocycles. The molecule has 7 N–H and O–H groups in total. The van der Waals surface area contributed by atoms with Gasteiger partial charge in [-0.05, 0) is 260 Å². The van der Waals surface area contributed by atoms with Crippen molar-refractivity contribution in [2.24, 2.45) is 11.3 Å². The van der Waals surface area contributed by atoms with E-state index in [1.807, 2.05) is 34.6 Å². The third kappa shape index (κ3) is 45.2. The lowest BCUT2D eigenvalue weighted by Gasteiger charge is -2.46. The van der Waals surface area contributed by atoms with Gasteiger partial charge in [-0.3, -0.25) is 29.1 Å². The minimum Gasteiger partial charge on any atom is -0.449 e. The first-order chi connectivity index (χ1) is 61.9. The van der Waals surface area contributed by atoms with E-state index in [9.17, 15) is 33.9 Å². The largest absolute Gasteiger partial charge is 0.449 e. The topological polar surface area (TPSA) is 289 Å². The van der Waals surface area contributed by atoms with Crippen LogP contribution in [0.4, 0.5) is 14.4 Å². The molecular formula is C101H200N18O13. The molecule has 0 unspecified atom stereocenters. The van der Waals surface area contributed by atoms with E-state index >= 15 is 0 Å². The van der Waals surface area contributed by atoms with E-state index in [-0.39, 0.29) is 87.2 Å². The maximum Gasteiger partial charge on any atom is 0.407 e. The van der Waals surface area contributed by atoms with E-state index in [1.54, 1.807) is 13.8 Å². The average molecular weight is 1870 g/mol. The number of alkyl carbamates (subject to hydrolysis) is 3. The first-order valence-corrected chi connectivity index (χ1v) is 51.9. The molecule has 6 amide bonds. The van der Waals surface area contributed by atoms with E-state index in [1.165, 1.54) is 12.8 Å². The van der Waals surface area contributed by atoms with Crippen LogP contribution in [0.15, 0.2) is 0 Å². The van der Waals surface area contributed by atoms with Crippen molar-refractivity contribution in [2.45, 2.75) is 356 Å². The number of amides is 6. The Morgan fingerprint density at radius 2 is 0.621 bits per heavy atom. The Bertz CT molecular complexity index is 3170. The van der Waals surface area contributed by atoms with Crippen LogP contribution in [0, 0.1) is 11.3 Å². The molecule has 0 saturated carbocycles. The summed E-state index contributed by atoms with van der Waals surface area (Å²) in [6, 6.07) is 3.42. The number of rotatable bonds is 33. The Morgan fingerprint density at radius 1 is 0.356 bits per heavy atom. The molecule has 10 fully saturated rings. The molecule has 0 aromatic rings. The summed E-state index contributed by atoms with van der Waals surface area (Å²) in [7, 11) is 8.22. The SMILES string of the molecule is CC(C)COC(=O)NC1(CN(C)C)CCN(C(C)C)CC1.CC(C)N1CCC(CN(C)C)(NC(=O)OCC(C)(C)C)CC1.CC(C)N1CCC(CN2CCOCC2)(NC(=O)CC(C)(C)O)CC1.CC(C)OC(=O)NC1(CN2CCCC2)CCN(C(C)C)CC1.CCC(=O)NC1(CN2CCOCC2)CCN(C(C)C)CC1.CCCC(=O)NC1(CN2CCOCC2)CCN(C(C)C)CC1. The molecule has 10 saturated heterocycles. The number of carbonyl (C=O) groups excluding carboxylic acids is 6. The molecule has 0 spiro atoms. The zero-order valence-electron chi connectivity index (χ0n) is 89.1. The molecule has 0 atom stereocenters. The number of hydrogen-bond donors (Lipinski definition) is 7. The Morgan fingerprint density at radius 3 is 0.879 bits per heavy atom. The third-order valence-corrected chi connectivity index (χ3v) is 28.0. The number of likely N-dealkylation sites (N-methyl/N-ethyl adjacent to an activating group) is 2. The predicted molar refractivity (Wildman–Crippen MR) is 535 cm³/mol. The van der Waals surface area contributed by atoms with Gasteiger partial charge in [0.1, 0.15) is 0 Å². The molecule has 0 aromatic carbocycles.